The Balaban J connectivity index is 2.11. The number of carbonyl (C=O) groups excluding carboxylic acids is 1. The number of nitrogens with zero attached hydrogens (tertiary/aromatic N) is 1. The van der Waals surface area contributed by atoms with Crippen LogP contribution in [0.2, 0.25) is 0 Å². The number of fused-ring (bicyclic) bond motifs is 1. The number of rotatable bonds is 3. The van der Waals surface area contributed by atoms with E-state index in [-0.39, 0.29) is 5.78 Å². The van der Waals surface area contributed by atoms with Crippen LogP contribution in [0, 0.1) is 0 Å². The van der Waals surface area contributed by atoms with Gasteiger partial charge in [-0.2, -0.15) is 0 Å². The second-order valence-electron chi connectivity index (χ2n) is 4.17. The third-order valence-corrected chi connectivity index (χ3v) is 2.94. The first kappa shape index (κ1) is 10.2. The van der Waals surface area contributed by atoms with E-state index in [1.807, 2.05) is 0 Å². The number of benzene rings is 1. The lowest BCUT2D eigenvalue weighted by Gasteiger charge is -2.30. The predicted octanol–water partition coefficient (Wildman–Crippen LogP) is 2.42. The Kier molecular flexibility index (Phi) is 3.05. The minimum Gasteiger partial charge on any atom is -0.371 e. The molecule has 1 aliphatic rings. The quantitative estimate of drug-likeness (QED) is 0.752. The van der Waals surface area contributed by atoms with Crippen LogP contribution in [0.15, 0.2) is 24.3 Å². The van der Waals surface area contributed by atoms with Crippen molar-refractivity contribution in [3.05, 3.63) is 29.8 Å². The van der Waals surface area contributed by atoms with Crippen molar-refractivity contribution in [2.24, 2.45) is 0 Å². The molecule has 80 valence electrons. The molecular formula is C13H17NO. The SMILES string of the molecule is CC(=O)CCN1CCCc2ccccc21. The van der Waals surface area contributed by atoms with Crippen LogP contribution in [-0.4, -0.2) is 18.9 Å². The first-order valence-electron chi connectivity index (χ1n) is 5.59. The normalized spacial score (nSPS) is 14.9. The van der Waals surface area contributed by atoms with Gasteiger partial charge in [0, 0.05) is 25.2 Å². The maximum absolute atomic E-state index is 11.0. The van der Waals surface area contributed by atoms with Gasteiger partial charge in [-0.25, -0.2) is 0 Å². The molecule has 1 aromatic carbocycles. The van der Waals surface area contributed by atoms with Crippen LogP contribution in [0.5, 0.6) is 0 Å². The van der Waals surface area contributed by atoms with Gasteiger partial charge < -0.3 is 4.90 Å². The molecule has 0 radical (unpaired) electrons. The Labute approximate surface area is 90.9 Å². The van der Waals surface area contributed by atoms with Gasteiger partial charge in [-0.3, -0.25) is 4.79 Å². The standard InChI is InChI=1S/C13H17NO/c1-11(15)8-10-14-9-4-6-12-5-2-3-7-13(12)14/h2-3,5,7H,4,6,8-10H2,1H3. The van der Waals surface area contributed by atoms with E-state index in [0.717, 1.165) is 13.1 Å². The Morgan fingerprint density at radius 2 is 2.20 bits per heavy atom. The molecular weight excluding hydrogens is 186 g/mol. The number of Topliss-reactive ketones (excluding diaryl/α,β-unsaturated/α-hetero) is 1. The van der Waals surface area contributed by atoms with E-state index >= 15 is 0 Å². The zero-order valence-electron chi connectivity index (χ0n) is 9.20. The Hall–Kier alpha value is -1.31. The number of hydrogen-bond donors (Lipinski definition) is 0. The van der Waals surface area contributed by atoms with E-state index in [4.69, 9.17) is 0 Å². The van der Waals surface area contributed by atoms with Crippen molar-refractivity contribution in [2.75, 3.05) is 18.0 Å². The van der Waals surface area contributed by atoms with Crippen molar-refractivity contribution in [1.82, 2.24) is 0 Å². The molecule has 2 nitrogen and oxygen atoms in total. The Morgan fingerprint density at radius 3 is 3.00 bits per heavy atom. The first-order valence-corrected chi connectivity index (χ1v) is 5.59. The molecule has 2 rings (SSSR count). The van der Waals surface area contributed by atoms with Gasteiger partial charge in [0.05, 0.1) is 0 Å². The van der Waals surface area contributed by atoms with Crippen molar-refractivity contribution < 1.29 is 4.79 Å². The molecule has 1 heterocycles. The summed E-state index contributed by atoms with van der Waals surface area (Å²) >= 11 is 0. The van der Waals surface area contributed by atoms with Crippen LogP contribution in [0.1, 0.15) is 25.3 Å². The molecule has 0 N–H and O–H groups in total. The molecule has 2 heteroatoms. The smallest absolute Gasteiger partial charge is 0.131 e. The molecule has 0 aromatic heterocycles. The minimum atomic E-state index is 0.276. The summed E-state index contributed by atoms with van der Waals surface area (Å²) in [5.74, 6) is 0.276. The summed E-state index contributed by atoms with van der Waals surface area (Å²) in [7, 11) is 0. The average molecular weight is 203 g/mol. The summed E-state index contributed by atoms with van der Waals surface area (Å²) < 4.78 is 0. The van der Waals surface area contributed by atoms with Crippen LogP contribution in [0.4, 0.5) is 5.69 Å². The molecule has 0 spiro atoms. The number of anilines is 1. The highest BCUT2D eigenvalue weighted by Gasteiger charge is 2.15. The summed E-state index contributed by atoms with van der Waals surface area (Å²) in [6.45, 7) is 3.62. The number of ketones is 1. The largest absolute Gasteiger partial charge is 0.371 e. The fourth-order valence-corrected chi connectivity index (χ4v) is 2.14. The second kappa shape index (κ2) is 4.47. The van der Waals surface area contributed by atoms with E-state index in [9.17, 15) is 4.79 Å². The van der Waals surface area contributed by atoms with Crippen LogP contribution in [-0.2, 0) is 11.2 Å². The summed E-state index contributed by atoms with van der Waals surface area (Å²) in [4.78, 5) is 13.3. The number of hydrogen-bond acceptors (Lipinski definition) is 2. The molecule has 0 bridgehead atoms. The zero-order chi connectivity index (χ0) is 10.7. The highest BCUT2D eigenvalue weighted by molar-refractivity contribution is 5.76. The van der Waals surface area contributed by atoms with Crippen molar-refractivity contribution in [1.29, 1.82) is 0 Å². The molecule has 0 unspecified atom stereocenters. The summed E-state index contributed by atoms with van der Waals surface area (Å²) in [5.41, 5.74) is 2.75. The average Bonchev–Trinajstić information content (AvgIpc) is 2.26. The third kappa shape index (κ3) is 2.38. The molecule has 15 heavy (non-hydrogen) atoms. The van der Waals surface area contributed by atoms with E-state index in [1.54, 1.807) is 6.92 Å². The van der Waals surface area contributed by atoms with Crippen molar-refractivity contribution in [2.45, 2.75) is 26.2 Å². The van der Waals surface area contributed by atoms with Crippen LogP contribution < -0.4 is 4.90 Å². The molecule has 0 fully saturated rings. The number of aryl methyl sites for hydroxylation is 1. The molecule has 1 aromatic rings. The minimum absolute atomic E-state index is 0.276. The molecule has 1 aliphatic heterocycles. The van der Waals surface area contributed by atoms with Gasteiger partial charge in [-0.15, -0.1) is 0 Å². The van der Waals surface area contributed by atoms with Crippen molar-refractivity contribution in [3.63, 3.8) is 0 Å². The number of para-hydroxylation sites is 1. The van der Waals surface area contributed by atoms with Crippen molar-refractivity contribution >= 4 is 11.5 Å². The Morgan fingerprint density at radius 1 is 1.40 bits per heavy atom. The van der Waals surface area contributed by atoms with Gasteiger partial charge in [-0.1, -0.05) is 18.2 Å². The molecule has 0 saturated heterocycles. The molecule has 0 amide bonds. The highest BCUT2D eigenvalue weighted by Crippen LogP contribution is 2.26. The lowest BCUT2D eigenvalue weighted by atomic mass is 10.0. The van der Waals surface area contributed by atoms with Crippen LogP contribution in [0.25, 0.3) is 0 Å². The van der Waals surface area contributed by atoms with Gasteiger partial charge in [0.15, 0.2) is 0 Å². The summed E-state index contributed by atoms with van der Waals surface area (Å²) in [5, 5.41) is 0. The maximum Gasteiger partial charge on any atom is 0.131 e. The summed E-state index contributed by atoms with van der Waals surface area (Å²) in [6, 6.07) is 8.52. The lowest BCUT2D eigenvalue weighted by molar-refractivity contribution is -0.116. The fourth-order valence-electron chi connectivity index (χ4n) is 2.14. The monoisotopic (exact) mass is 203 g/mol. The predicted molar refractivity (Wildman–Crippen MR) is 62.3 cm³/mol. The van der Waals surface area contributed by atoms with Gasteiger partial charge >= 0.3 is 0 Å². The Bertz CT molecular complexity index is 359. The van der Waals surface area contributed by atoms with E-state index in [0.29, 0.717) is 6.42 Å². The van der Waals surface area contributed by atoms with Crippen molar-refractivity contribution in [3.8, 4) is 0 Å². The van der Waals surface area contributed by atoms with Gasteiger partial charge in [-0.05, 0) is 31.4 Å². The molecule has 0 atom stereocenters. The number of carbonyl (C=O) groups is 1. The first-order chi connectivity index (χ1) is 7.27. The van der Waals surface area contributed by atoms with E-state index in [2.05, 4.69) is 29.2 Å². The topological polar surface area (TPSA) is 20.3 Å². The van der Waals surface area contributed by atoms with E-state index < -0.39 is 0 Å². The molecule has 0 aliphatic carbocycles. The zero-order valence-corrected chi connectivity index (χ0v) is 9.20. The summed E-state index contributed by atoms with van der Waals surface area (Å²) in [6.07, 6.45) is 3.04. The van der Waals surface area contributed by atoms with Gasteiger partial charge in [0.1, 0.15) is 5.78 Å². The van der Waals surface area contributed by atoms with E-state index in [1.165, 1.54) is 24.1 Å². The van der Waals surface area contributed by atoms with Crippen LogP contribution in [0.3, 0.4) is 0 Å². The van der Waals surface area contributed by atoms with Crippen LogP contribution >= 0.6 is 0 Å². The highest BCUT2D eigenvalue weighted by atomic mass is 16.1. The van der Waals surface area contributed by atoms with Gasteiger partial charge in [0.2, 0.25) is 0 Å². The fraction of sp³-hybridized carbons (Fsp3) is 0.462. The van der Waals surface area contributed by atoms with Gasteiger partial charge in [0.25, 0.3) is 0 Å². The third-order valence-electron chi connectivity index (χ3n) is 2.94. The molecule has 0 saturated carbocycles. The maximum atomic E-state index is 11.0. The second-order valence-corrected chi connectivity index (χ2v) is 4.17. The lowest BCUT2D eigenvalue weighted by Crippen LogP contribution is -2.31.